The van der Waals surface area contributed by atoms with Gasteiger partial charge in [0.15, 0.2) is 0 Å². The van der Waals surface area contributed by atoms with E-state index in [9.17, 15) is 9.59 Å². The van der Waals surface area contributed by atoms with Crippen molar-refractivity contribution in [2.75, 3.05) is 31.6 Å². The lowest BCUT2D eigenvalue weighted by molar-refractivity contribution is -0.127. The number of carbonyl (C=O) groups is 2. The number of methoxy groups -OCH3 is 1. The van der Waals surface area contributed by atoms with Crippen LogP contribution >= 0.6 is 11.3 Å². The number of benzene rings is 1. The van der Waals surface area contributed by atoms with Gasteiger partial charge in [0, 0.05) is 72.0 Å². The second-order valence-electron chi connectivity index (χ2n) is 9.43. The van der Waals surface area contributed by atoms with Gasteiger partial charge >= 0.3 is 0 Å². The molecule has 1 aromatic carbocycles. The van der Waals surface area contributed by atoms with Crippen LogP contribution < -0.4 is 9.64 Å². The Morgan fingerprint density at radius 3 is 2.68 bits per heavy atom. The molecule has 0 aliphatic carbocycles. The van der Waals surface area contributed by atoms with Crippen molar-refractivity contribution in [2.24, 2.45) is 5.41 Å². The SMILES string of the molecule is COc1cc(N2CCC3(CCN(C(=O)c4csc(-c5cccnc5)n4)CC3)C2=O)ccc1-c1cn[nH]c1. The zero-order valence-corrected chi connectivity index (χ0v) is 21.2. The summed E-state index contributed by atoms with van der Waals surface area (Å²) in [5.41, 5.74) is 3.59. The van der Waals surface area contributed by atoms with Crippen molar-refractivity contribution in [3.63, 3.8) is 0 Å². The number of rotatable bonds is 5. The van der Waals surface area contributed by atoms with Gasteiger partial charge in [-0.15, -0.1) is 11.3 Å². The van der Waals surface area contributed by atoms with E-state index in [1.807, 2.05) is 46.3 Å². The molecule has 0 radical (unpaired) electrons. The van der Waals surface area contributed by atoms with Crippen LogP contribution in [0.2, 0.25) is 0 Å². The molecule has 0 atom stereocenters. The summed E-state index contributed by atoms with van der Waals surface area (Å²) in [6.45, 7) is 1.74. The van der Waals surface area contributed by atoms with Crippen LogP contribution in [0.25, 0.3) is 21.7 Å². The van der Waals surface area contributed by atoms with E-state index in [2.05, 4.69) is 20.2 Å². The molecular weight excluding hydrogens is 488 g/mol. The van der Waals surface area contributed by atoms with Crippen LogP contribution in [0.15, 0.2) is 60.5 Å². The Hall–Kier alpha value is -4.05. The van der Waals surface area contributed by atoms with Gasteiger partial charge in [0.25, 0.3) is 5.91 Å². The normalized spacial score (nSPS) is 16.9. The number of anilines is 1. The number of aromatic nitrogens is 4. The largest absolute Gasteiger partial charge is 0.496 e. The summed E-state index contributed by atoms with van der Waals surface area (Å²) in [6.07, 6.45) is 9.10. The zero-order valence-electron chi connectivity index (χ0n) is 20.4. The summed E-state index contributed by atoms with van der Waals surface area (Å²) in [5, 5.41) is 9.42. The quantitative estimate of drug-likeness (QED) is 0.427. The number of ether oxygens (including phenoxy) is 1. The molecule has 2 amide bonds. The third-order valence-electron chi connectivity index (χ3n) is 7.46. The molecule has 9 nitrogen and oxygen atoms in total. The third-order valence-corrected chi connectivity index (χ3v) is 8.35. The number of hydrogen-bond acceptors (Lipinski definition) is 7. The molecule has 5 heterocycles. The van der Waals surface area contributed by atoms with Gasteiger partial charge in [-0.05, 0) is 43.5 Å². The molecule has 2 fully saturated rings. The van der Waals surface area contributed by atoms with Crippen LogP contribution in [-0.2, 0) is 4.79 Å². The van der Waals surface area contributed by atoms with Crippen molar-refractivity contribution in [2.45, 2.75) is 19.3 Å². The standard InChI is InChI=1S/C27H26N6O3S/c1-36-23-13-20(4-5-21(23)19-15-29-30-16-19)33-12-8-27(26(33)35)6-10-32(11-7-27)25(34)22-17-37-24(31-22)18-3-2-9-28-14-18/h2-5,9,13-17H,6-8,10-12H2,1H3,(H,29,30). The number of nitrogens with zero attached hydrogens (tertiary/aromatic N) is 5. The van der Waals surface area contributed by atoms with Crippen molar-refractivity contribution in [3.05, 3.63) is 66.2 Å². The number of aromatic amines is 1. The van der Waals surface area contributed by atoms with Gasteiger partial charge in [0.1, 0.15) is 16.5 Å². The highest BCUT2D eigenvalue weighted by Crippen LogP contribution is 2.44. The number of thiazole rings is 1. The van der Waals surface area contributed by atoms with Gasteiger partial charge in [-0.2, -0.15) is 5.10 Å². The Balaban J connectivity index is 1.14. The van der Waals surface area contributed by atoms with Crippen LogP contribution in [-0.4, -0.2) is 63.6 Å². The zero-order chi connectivity index (χ0) is 25.4. The number of nitrogens with one attached hydrogen (secondary N) is 1. The second kappa shape index (κ2) is 9.44. The molecule has 1 N–H and O–H groups in total. The van der Waals surface area contributed by atoms with Gasteiger partial charge in [0.05, 0.1) is 18.7 Å². The number of likely N-dealkylation sites (tertiary alicyclic amines) is 1. The Kier molecular flexibility index (Phi) is 5.96. The molecule has 2 aliphatic rings. The topological polar surface area (TPSA) is 104 Å². The van der Waals surface area contributed by atoms with Crippen LogP contribution in [0.4, 0.5) is 5.69 Å². The molecule has 0 bridgehead atoms. The van der Waals surface area contributed by atoms with Crippen LogP contribution in [0.5, 0.6) is 5.75 Å². The lowest BCUT2D eigenvalue weighted by Crippen LogP contribution is -2.46. The van der Waals surface area contributed by atoms with E-state index < -0.39 is 5.41 Å². The van der Waals surface area contributed by atoms with Crippen LogP contribution in [0.1, 0.15) is 29.8 Å². The number of piperidine rings is 1. The molecule has 10 heteroatoms. The fourth-order valence-electron chi connectivity index (χ4n) is 5.31. The molecule has 2 aliphatic heterocycles. The van der Waals surface area contributed by atoms with Gasteiger partial charge in [-0.3, -0.25) is 19.7 Å². The summed E-state index contributed by atoms with van der Waals surface area (Å²) in [4.78, 5) is 39.2. The lowest BCUT2D eigenvalue weighted by Gasteiger charge is -2.37. The van der Waals surface area contributed by atoms with Crippen LogP contribution in [0, 0.1) is 5.41 Å². The molecular formula is C27H26N6O3S. The molecule has 4 aromatic rings. The summed E-state index contributed by atoms with van der Waals surface area (Å²) in [6, 6.07) is 9.63. The highest BCUT2D eigenvalue weighted by Gasteiger charge is 2.49. The molecule has 3 aromatic heterocycles. The van der Waals surface area contributed by atoms with Crippen molar-refractivity contribution in [1.82, 2.24) is 25.1 Å². The lowest BCUT2D eigenvalue weighted by atomic mass is 9.77. The van der Waals surface area contributed by atoms with E-state index >= 15 is 0 Å². The fraction of sp³-hybridized carbons (Fsp3) is 0.296. The van der Waals surface area contributed by atoms with Gasteiger partial charge in [-0.1, -0.05) is 0 Å². The minimum Gasteiger partial charge on any atom is -0.496 e. The predicted octanol–water partition coefficient (Wildman–Crippen LogP) is 4.26. The third kappa shape index (κ3) is 4.17. The van der Waals surface area contributed by atoms with E-state index in [1.54, 1.807) is 31.1 Å². The Morgan fingerprint density at radius 1 is 1.11 bits per heavy atom. The first-order valence-corrected chi connectivity index (χ1v) is 13.1. The average molecular weight is 515 g/mol. The van der Waals surface area contributed by atoms with Crippen molar-refractivity contribution in [1.29, 1.82) is 0 Å². The molecule has 0 saturated carbocycles. The molecule has 6 rings (SSSR count). The van der Waals surface area contributed by atoms with E-state index in [0.717, 1.165) is 33.8 Å². The molecule has 1 spiro atoms. The Bertz CT molecular complexity index is 1430. The van der Waals surface area contributed by atoms with Crippen molar-refractivity contribution >= 4 is 28.8 Å². The highest BCUT2D eigenvalue weighted by atomic mass is 32.1. The number of hydrogen-bond donors (Lipinski definition) is 1. The minimum absolute atomic E-state index is 0.0804. The van der Waals surface area contributed by atoms with Crippen LogP contribution in [0.3, 0.4) is 0 Å². The minimum atomic E-state index is -0.434. The molecule has 37 heavy (non-hydrogen) atoms. The summed E-state index contributed by atoms with van der Waals surface area (Å²) >= 11 is 1.44. The van der Waals surface area contributed by atoms with Crippen molar-refractivity contribution < 1.29 is 14.3 Å². The maximum Gasteiger partial charge on any atom is 0.273 e. The first-order valence-electron chi connectivity index (χ1n) is 12.2. The summed E-state index contributed by atoms with van der Waals surface area (Å²) < 4.78 is 5.62. The smallest absolute Gasteiger partial charge is 0.273 e. The molecule has 0 unspecified atom stereocenters. The van der Waals surface area contributed by atoms with E-state index in [-0.39, 0.29) is 11.8 Å². The highest BCUT2D eigenvalue weighted by molar-refractivity contribution is 7.13. The maximum absolute atomic E-state index is 13.7. The number of carbonyl (C=O) groups excluding carboxylic acids is 2. The second-order valence-corrected chi connectivity index (χ2v) is 10.3. The van der Waals surface area contributed by atoms with E-state index in [1.165, 1.54) is 11.3 Å². The molecule has 188 valence electrons. The average Bonchev–Trinajstić information content (AvgIpc) is 3.71. The van der Waals surface area contributed by atoms with Gasteiger partial charge < -0.3 is 14.5 Å². The number of pyridine rings is 1. The van der Waals surface area contributed by atoms with E-state index in [0.29, 0.717) is 43.9 Å². The summed E-state index contributed by atoms with van der Waals surface area (Å²) in [7, 11) is 1.63. The fourth-order valence-corrected chi connectivity index (χ4v) is 6.09. The van der Waals surface area contributed by atoms with Gasteiger partial charge in [0.2, 0.25) is 5.91 Å². The van der Waals surface area contributed by atoms with E-state index in [4.69, 9.17) is 4.74 Å². The van der Waals surface area contributed by atoms with Crippen molar-refractivity contribution in [3.8, 4) is 27.4 Å². The predicted molar refractivity (Wildman–Crippen MR) is 140 cm³/mol. The number of H-pyrrole nitrogens is 1. The summed E-state index contributed by atoms with van der Waals surface area (Å²) in [5.74, 6) is 0.746. The molecule has 2 saturated heterocycles. The number of amides is 2. The maximum atomic E-state index is 13.7. The first kappa shape index (κ1) is 23.4. The Morgan fingerprint density at radius 2 is 1.95 bits per heavy atom. The van der Waals surface area contributed by atoms with Gasteiger partial charge in [-0.25, -0.2) is 4.98 Å². The monoisotopic (exact) mass is 514 g/mol. The first-order chi connectivity index (χ1) is 18.1. The Labute approximate surface area is 218 Å².